The van der Waals surface area contributed by atoms with E-state index in [1.807, 2.05) is 0 Å². The van der Waals surface area contributed by atoms with Gasteiger partial charge in [0, 0.05) is 19.6 Å². The van der Waals surface area contributed by atoms with Gasteiger partial charge in [0.1, 0.15) is 0 Å². The number of methoxy groups -OCH3 is 1. The lowest BCUT2D eigenvalue weighted by molar-refractivity contribution is -0.233. The fraction of sp³-hybridized carbons (Fsp3) is 0.917. The average molecular weight is 570 g/mol. The third-order valence-electron chi connectivity index (χ3n) is 14.9. The Kier molecular flexibility index (Phi) is 7.20. The quantitative estimate of drug-likeness (QED) is 0.301. The summed E-state index contributed by atoms with van der Waals surface area (Å²) < 4.78 is 11.2. The minimum absolute atomic E-state index is 0.0466. The lowest BCUT2D eigenvalue weighted by Crippen LogP contribution is -2.68. The highest BCUT2D eigenvalue weighted by Crippen LogP contribution is 2.76. The number of esters is 1. The van der Waals surface area contributed by atoms with Crippen molar-refractivity contribution in [3.8, 4) is 0 Å². The number of hydrogen-bond acceptors (Lipinski definition) is 5. The number of fused-ring (bicyclic) bond motifs is 7. The first kappa shape index (κ1) is 30.1. The van der Waals surface area contributed by atoms with Crippen molar-refractivity contribution in [1.82, 2.24) is 4.90 Å². The van der Waals surface area contributed by atoms with Crippen molar-refractivity contribution in [3.63, 3.8) is 0 Å². The van der Waals surface area contributed by atoms with E-state index in [1.165, 1.54) is 12.8 Å². The molecule has 0 aromatic carbocycles. The molecule has 0 radical (unpaired) electrons. The highest BCUT2D eigenvalue weighted by molar-refractivity contribution is 5.77. The van der Waals surface area contributed by atoms with Gasteiger partial charge < -0.3 is 14.6 Å². The maximum Gasteiger partial charge on any atom is 0.312 e. The van der Waals surface area contributed by atoms with Crippen LogP contribution in [-0.2, 0) is 14.3 Å². The summed E-state index contributed by atoms with van der Waals surface area (Å²) in [6, 6.07) is 0. The molecule has 5 fully saturated rings. The van der Waals surface area contributed by atoms with Gasteiger partial charge in [-0.1, -0.05) is 60.6 Å². The standard InChI is InChI=1S/C36H59NO4/c1-31(2)13-15-36(30(39)40-8)16-14-34(6)25(26(36)22-31)9-10-28-33(5)21-24(23-37-17-19-41-20-18-37)29(38)32(3,4)27(33)11-12-35(28,34)7/h9-10,24-29,38H,11-23H2,1-8H3/t24?,25?,26?,27?,28?,29?,33-,34+,35+,36-/m0/s1. The van der Waals surface area contributed by atoms with Crippen LogP contribution in [0.4, 0.5) is 0 Å². The van der Waals surface area contributed by atoms with E-state index in [1.54, 1.807) is 7.11 Å². The van der Waals surface area contributed by atoms with Crippen molar-refractivity contribution in [2.45, 2.75) is 106 Å². The Bertz CT molecular complexity index is 1060. The van der Waals surface area contributed by atoms with Gasteiger partial charge in [-0.05, 0) is 108 Å². The summed E-state index contributed by atoms with van der Waals surface area (Å²) in [6.45, 7) is 21.9. The molecular weight excluding hydrogens is 510 g/mol. The first-order valence-corrected chi connectivity index (χ1v) is 16.9. The highest BCUT2D eigenvalue weighted by atomic mass is 16.5. The van der Waals surface area contributed by atoms with Crippen LogP contribution in [0.15, 0.2) is 12.2 Å². The molecule has 6 unspecified atom stereocenters. The number of allylic oxidation sites excluding steroid dienone is 2. The van der Waals surface area contributed by atoms with Gasteiger partial charge in [0.2, 0.25) is 0 Å². The van der Waals surface area contributed by atoms with Crippen LogP contribution in [-0.4, -0.2) is 62.0 Å². The first-order chi connectivity index (χ1) is 19.1. The van der Waals surface area contributed by atoms with Gasteiger partial charge in [-0.25, -0.2) is 0 Å². The summed E-state index contributed by atoms with van der Waals surface area (Å²) in [5.41, 5.74) is 0.269. The molecule has 0 aromatic heterocycles. The molecular formula is C36H59NO4. The number of nitrogens with zero attached hydrogens (tertiary/aromatic N) is 1. The molecule has 41 heavy (non-hydrogen) atoms. The molecule has 6 rings (SSSR count). The Morgan fingerprint density at radius 3 is 2.29 bits per heavy atom. The van der Waals surface area contributed by atoms with Crippen molar-refractivity contribution >= 4 is 5.97 Å². The van der Waals surface area contributed by atoms with E-state index in [-0.39, 0.29) is 50.5 Å². The monoisotopic (exact) mass is 569 g/mol. The Morgan fingerprint density at radius 1 is 0.927 bits per heavy atom. The third kappa shape index (κ3) is 4.20. The minimum atomic E-state index is -0.330. The number of ether oxygens (including phenoxy) is 2. The van der Waals surface area contributed by atoms with Gasteiger partial charge in [0.15, 0.2) is 0 Å². The van der Waals surface area contributed by atoms with Gasteiger partial charge in [0.25, 0.3) is 0 Å². The number of hydrogen-bond donors (Lipinski definition) is 1. The summed E-state index contributed by atoms with van der Waals surface area (Å²) in [4.78, 5) is 16.1. The van der Waals surface area contributed by atoms with Crippen LogP contribution in [0.1, 0.15) is 99.8 Å². The third-order valence-corrected chi connectivity index (χ3v) is 14.9. The molecule has 1 saturated heterocycles. The van der Waals surface area contributed by atoms with E-state index in [0.29, 0.717) is 23.7 Å². The largest absolute Gasteiger partial charge is 0.469 e. The van der Waals surface area contributed by atoms with E-state index < -0.39 is 0 Å². The van der Waals surface area contributed by atoms with Crippen molar-refractivity contribution in [1.29, 1.82) is 0 Å². The molecule has 0 amide bonds. The summed E-state index contributed by atoms with van der Waals surface area (Å²) in [6.07, 6.45) is 13.7. The number of aliphatic hydroxyl groups excluding tert-OH is 1. The number of rotatable bonds is 3. The van der Waals surface area contributed by atoms with Crippen molar-refractivity contribution in [2.75, 3.05) is 40.0 Å². The SMILES string of the molecule is COC(=O)[C@]12CCC(C)(C)CC1C1C=CC3[C@@]4(C)CC(CN5CCOCC5)C(O)C(C)(C)C4CC[C@@]3(C)[C@]1(C)CC2. The maximum atomic E-state index is 13.5. The van der Waals surface area contributed by atoms with Crippen LogP contribution in [0.2, 0.25) is 0 Å². The predicted octanol–water partition coefficient (Wildman–Crippen LogP) is 6.74. The topological polar surface area (TPSA) is 59.0 Å². The van der Waals surface area contributed by atoms with Crippen LogP contribution in [0.25, 0.3) is 0 Å². The van der Waals surface area contributed by atoms with Gasteiger partial charge >= 0.3 is 5.97 Å². The Morgan fingerprint density at radius 2 is 1.61 bits per heavy atom. The molecule has 0 aromatic rings. The average Bonchev–Trinajstić information content (AvgIpc) is 2.92. The summed E-state index contributed by atoms with van der Waals surface area (Å²) >= 11 is 0. The summed E-state index contributed by atoms with van der Waals surface area (Å²) in [5, 5.41) is 11.8. The predicted molar refractivity (Wildman–Crippen MR) is 163 cm³/mol. The molecule has 5 aliphatic carbocycles. The van der Waals surface area contributed by atoms with Crippen LogP contribution >= 0.6 is 0 Å². The lowest BCUT2D eigenvalue weighted by atomic mass is 9.32. The van der Waals surface area contributed by atoms with Gasteiger partial charge in [0.05, 0.1) is 31.8 Å². The zero-order valence-electron chi connectivity index (χ0n) is 27.4. The second-order valence-corrected chi connectivity index (χ2v) is 17.6. The van der Waals surface area contributed by atoms with Crippen LogP contribution < -0.4 is 0 Å². The molecule has 6 aliphatic rings. The van der Waals surface area contributed by atoms with Crippen LogP contribution in [0.5, 0.6) is 0 Å². The normalized spacial score (nSPS) is 50.6. The van der Waals surface area contributed by atoms with Crippen molar-refractivity contribution in [2.24, 2.45) is 62.1 Å². The molecule has 1 aliphatic heterocycles. The highest BCUT2D eigenvalue weighted by Gasteiger charge is 2.70. The summed E-state index contributed by atoms with van der Waals surface area (Å²) in [7, 11) is 1.60. The second-order valence-electron chi connectivity index (χ2n) is 17.6. The number of carbonyl (C=O) groups excluding carboxylic acids is 1. The lowest BCUT2D eigenvalue weighted by Gasteiger charge is -2.72. The summed E-state index contributed by atoms with van der Waals surface area (Å²) in [5.74, 6) is 2.06. The van der Waals surface area contributed by atoms with Crippen LogP contribution in [0.3, 0.4) is 0 Å². The molecule has 1 N–H and O–H groups in total. The molecule has 1 heterocycles. The van der Waals surface area contributed by atoms with Gasteiger partial charge in [-0.3, -0.25) is 9.69 Å². The molecule has 232 valence electrons. The zero-order chi connectivity index (χ0) is 29.6. The Hall–Kier alpha value is -0.910. The fourth-order valence-corrected chi connectivity index (χ4v) is 12.5. The first-order valence-electron chi connectivity index (χ1n) is 16.9. The van der Waals surface area contributed by atoms with E-state index in [0.717, 1.165) is 71.4 Å². The smallest absolute Gasteiger partial charge is 0.312 e. The molecule has 0 spiro atoms. The van der Waals surface area contributed by atoms with Gasteiger partial charge in [-0.15, -0.1) is 0 Å². The maximum absolute atomic E-state index is 13.5. The molecule has 4 saturated carbocycles. The van der Waals surface area contributed by atoms with E-state index in [2.05, 4.69) is 65.5 Å². The Labute approximate surface area is 250 Å². The van der Waals surface area contributed by atoms with E-state index >= 15 is 0 Å². The van der Waals surface area contributed by atoms with E-state index in [9.17, 15) is 9.90 Å². The number of carbonyl (C=O) groups is 1. The van der Waals surface area contributed by atoms with Crippen LogP contribution in [0, 0.1) is 62.1 Å². The van der Waals surface area contributed by atoms with Crippen molar-refractivity contribution in [3.05, 3.63) is 12.2 Å². The molecule has 5 nitrogen and oxygen atoms in total. The van der Waals surface area contributed by atoms with Crippen molar-refractivity contribution < 1.29 is 19.4 Å². The molecule has 5 heteroatoms. The van der Waals surface area contributed by atoms with Gasteiger partial charge in [-0.2, -0.15) is 0 Å². The fourth-order valence-electron chi connectivity index (χ4n) is 12.5. The number of morpholine rings is 1. The molecule has 10 atom stereocenters. The Balaban J connectivity index is 1.38. The molecule has 0 bridgehead atoms. The van der Waals surface area contributed by atoms with E-state index in [4.69, 9.17) is 9.47 Å². The second kappa shape index (κ2) is 9.80. The number of aliphatic hydroxyl groups is 1. The zero-order valence-corrected chi connectivity index (χ0v) is 27.4. The minimum Gasteiger partial charge on any atom is -0.469 e.